The minimum atomic E-state index is 0.480. The fourth-order valence-corrected chi connectivity index (χ4v) is 0.649. The molecule has 0 radical (unpaired) electrons. The normalized spacial score (nSPS) is 12.0. The van der Waals surface area contributed by atoms with E-state index in [1.165, 1.54) is 0 Å². The molecule has 0 fully saturated rings. The monoisotopic (exact) mass is 153 g/mol. The Hall–Kier alpha value is -0.860. The van der Waals surface area contributed by atoms with E-state index in [-0.39, 0.29) is 0 Å². The molecule has 1 N–H and O–H groups in total. The van der Waals surface area contributed by atoms with Crippen LogP contribution >= 0.6 is 0 Å². The van der Waals surface area contributed by atoms with Crippen LogP contribution in [0.5, 0.6) is 0 Å². The number of nitrogens with zero attached hydrogens (tertiary/aromatic N) is 1. The number of hydrogen-bond acceptors (Lipinski definition) is 2. The Kier molecular flexibility index (Phi) is 5.43. The molecule has 2 heteroatoms. The lowest BCUT2D eigenvalue weighted by molar-refractivity contribution is -0.0549. The lowest BCUT2D eigenvalue weighted by Gasteiger charge is -2.06. The van der Waals surface area contributed by atoms with Crippen LogP contribution < -0.4 is 0 Å². The zero-order valence-electron chi connectivity index (χ0n) is 7.12. The van der Waals surface area contributed by atoms with E-state index < -0.39 is 0 Å². The highest BCUT2D eigenvalue weighted by atomic mass is 16.5. The maximum absolute atomic E-state index is 8.80. The molecule has 62 valence electrons. The molecule has 0 unspecified atom stereocenters. The summed E-state index contributed by atoms with van der Waals surface area (Å²) in [6.07, 6.45) is 7.62. The van der Waals surface area contributed by atoms with E-state index in [1.807, 2.05) is 31.2 Å². The predicted molar refractivity (Wildman–Crippen MR) is 47.5 cm³/mol. The molecule has 0 saturated carbocycles. The summed E-state index contributed by atoms with van der Waals surface area (Å²) >= 11 is 0. The van der Waals surface area contributed by atoms with Crippen LogP contribution in [-0.4, -0.2) is 23.9 Å². The van der Waals surface area contributed by atoms with Crippen LogP contribution in [0.25, 0.3) is 0 Å². The van der Waals surface area contributed by atoms with E-state index in [0.717, 1.165) is 10.6 Å². The fourth-order valence-electron chi connectivity index (χ4n) is 0.649. The topological polar surface area (TPSA) is 23.5 Å². The first kappa shape index (κ1) is 10.1. The Labute approximate surface area is 68.1 Å². The summed E-state index contributed by atoms with van der Waals surface area (Å²) in [7, 11) is 1.59. The van der Waals surface area contributed by atoms with Gasteiger partial charge in [-0.05, 0) is 12.5 Å². The van der Waals surface area contributed by atoms with Crippen LogP contribution in [0.2, 0.25) is 0 Å². The molecule has 0 saturated heterocycles. The Morgan fingerprint density at radius 3 is 2.64 bits per heavy atom. The van der Waals surface area contributed by atoms with Gasteiger partial charge in [0.2, 0.25) is 0 Å². The molecular formula is C9H15NO. The summed E-state index contributed by atoms with van der Waals surface area (Å²) < 4.78 is 0. The van der Waals surface area contributed by atoms with Crippen molar-refractivity contribution >= 4 is 0 Å². The second-order valence-corrected chi connectivity index (χ2v) is 2.36. The summed E-state index contributed by atoms with van der Waals surface area (Å²) in [4.78, 5) is 0. The Morgan fingerprint density at radius 2 is 2.18 bits per heavy atom. The van der Waals surface area contributed by atoms with E-state index in [1.54, 1.807) is 7.05 Å². The van der Waals surface area contributed by atoms with Crippen LogP contribution in [0.3, 0.4) is 0 Å². The third-order valence-corrected chi connectivity index (χ3v) is 1.07. The molecule has 11 heavy (non-hydrogen) atoms. The Morgan fingerprint density at radius 1 is 1.55 bits per heavy atom. The van der Waals surface area contributed by atoms with Gasteiger partial charge >= 0.3 is 0 Å². The largest absolute Gasteiger partial charge is 0.314 e. The number of likely N-dealkylation sites (N-methyl/N-ethyl adjacent to an activating group) is 1. The van der Waals surface area contributed by atoms with Gasteiger partial charge in [-0.2, -0.15) is 5.06 Å². The molecule has 2 nitrogen and oxygen atoms in total. The minimum absolute atomic E-state index is 0.480. The van der Waals surface area contributed by atoms with Crippen LogP contribution in [0.15, 0.2) is 36.5 Å². The number of hydroxylamine groups is 2. The SMILES string of the molecule is C=C(/C=C\C=C/C)CN(C)O. The van der Waals surface area contributed by atoms with Gasteiger partial charge in [0.05, 0.1) is 0 Å². The Balaban J connectivity index is 3.69. The molecule has 0 rings (SSSR count). The van der Waals surface area contributed by atoms with Crippen molar-refractivity contribution < 1.29 is 5.21 Å². The van der Waals surface area contributed by atoms with E-state index in [9.17, 15) is 0 Å². The van der Waals surface area contributed by atoms with Gasteiger partial charge in [0.1, 0.15) is 0 Å². The molecule has 0 amide bonds. The van der Waals surface area contributed by atoms with Crippen molar-refractivity contribution in [2.24, 2.45) is 0 Å². The van der Waals surface area contributed by atoms with Crippen molar-refractivity contribution in [1.82, 2.24) is 5.06 Å². The highest BCUT2D eigenvalue weighted by molar-refractivity contribution is 5.19. The van der Waals surface area contributed by atoms with Gasteiger partial charge in [0.25, 0.3) is 0 Å². The Bertz CT molecular complexity index is 168. The molecule has 0 bridgehead atoms. The summed E-state index contributed by atoms with van der Waals surface area (Å²) in [5, 5.41) is 9.90. The molecular weight excluding hydrogens is 138 g/mol. The maximum Gasteiger partial charge on any atom is 0.0479 e. The van der Waals surface area contributed by atoms with E-state index in [0.29, 0.717) is 6.54 Å². The first-order chi connectivity index (χ1) is 5.16. The van der Waals surface area contributed by atoms with E-state index in [2.05, 4.69) is 6.58 Å². The first-order valence-electron chi connectivity index (χ1n) is 3.54. The average molecular weight is 153 g/mol. The third kappa shape index (κ3) is 7.03. The van der Waals surface area contributed by atoms with Crippen LogP contribution in [-0.2, 0) is 0 Å². The van der Waals surface area contributed by atoms with Gasteiger partial charge in [0, 0.05) is 13.6 Å². The van der Waals surface area contributed by atoms with Crippen molar-refractivity contribution in [3.05, 3.63) is 36.5 Å². The van der Waals surface area contributed by atoms with Crippen molar-refractivity contribution in [2.75, 3.05) is 13.6 Å². The second kappa shape index (κ2) is 5.89. The van der Waals surface area contributed by atoms with Crippen LogP contribution in [0.1, 0.15) is 6.92 Å². The zero-order chi connectivity index (χ0) is 8.69. The average Bonchev–Trinajstić information content (AvgIpc) is 1.86. The second-order valence-electron chi connectivity index (χ2n) is 2.36. The van der Waals surface area contributed by atoms with Gasteiger partial charge in [0.15, 0.2) is 0 Å². The maximum atomic E-state index is 8.80. The van der Waals surface area contributed by atoms with Gasteiger partial charge in [-0.15, -0.1) is 0 Å². The first-order valence-corrected chi connectivity index (χ1v) is 3.54. The lowest BCUT2D eigenvalue weighted by atomic mass is 10.2. The molecule has 0 aliphatic rings. The molecule has 0 aliphatic carbocycles. The van der Waals surface area contributed by atoms with Gasteiger partial charge < -0.3 is 5.21 Å². The summed E-state index contributed by atoms with van der Waals surface area (Å²) in [5.41, 5.74) is 0.883. The standard InChI is InChI=1S/C9H15NO/c1-4-5-6-7-9(2)8-10(3)11/h4-7,11H,2,8H2,1,3H3/b5-4-,7-6-. The van der Waals surface area contributed by atoms with E-state index >= 15 is 0 Å². The van der Waals surface area contributed by atoms with Crippen molar-refractivity contribution in [2.45, 2.75) is 6.92 Å². The zero-order valence-corrected chi connectivity index (χ0v) is 7.12. The van der Waals surface area contributed by atoms with Gasteiger partial charge in [-0.25, -0.2) is 0 Å². The van der Waals surface area contributed by atoms with Crippen molar-refractivity contribution in [3.63, 3.8) is 0 Å². The number of rotatable bonds is 4. The molecule has 0 atom stereocenters. The predicted octanol–water partition coefficient (Wildman–Crippen LogP) is 2.00. The molecule has 0 aliphatic heterocycles. The fraction of sp³-hybridized carbons (Fsp3) is 0.333. The van der Waals surface area contributed by atoms with Crippen molar-refractivity contribution in [1.29, 1.82) is 0 Å². The summed E-state index contributed by atoms with van der Waals surface area (Å²) in [6, 6.07) is 0. The number of hydrogen-bond donors (Lipinski definition) is 1. The van der Waals surface area contributed by atoms with Gasteiger partial charge in [-0.3, -0.25) is 0 Å². The van der Waals surface area contributed by atoms with Crippen LogP contribution in [0, 0.1) is 0 Å². The molecule has 0 aromatic rings. The number of allylic oxidation sites excluding steroid dienone is 3. The van der Waals surface area contributed by atoms with Crippen LogP contribution in [0.4, 0.5) is 0 Å². The highest BCUT2D eigenvalue weighted by Gasteiger charge is 1.90. The smallest absolute Gasteiger partial charge is 0.0479 e. The van der Waals surface area contributed by atoms with E-state index in [4.69, 9.17) is 5.21 Å². The lowest BCUT2D eigenvalue weighted by Crippen LogP contribution is -2.14. The minimum Gasteiger partial charge on any atom is -0.314 e. The third-order valence-electron chi connectivity index (χ3n) is 1.07. The quantitative estimate of drug-likeness (QED) is 0.493. The van der Waals surface area contributed by atoms with Gasteiger partial charge in [-0.1, -0.05) is 30.9 Å². The summed E-state index contributed by atoms with van der Waals surface area (Å²) in [5.74, 6) is 0. The molecule has 0 aromatic heterocycles. The van der Waals surface area contributed by atoms with Crippen molar-refractivity contribution in [3.8, 4) is 0 Å². The molecule has 0 heterocycles. The molecule has 0 aromatic carbocycles. The molecule has 0 spiro atoms. The highest BCUT2D eigenvalue weighted by Crippen LogP contribution is 1.94. The summed E-state index contributed by atoms with van der Waals surface area (Å²) in [6.45, 7) is 6.17.